The first-order valence-corrected chi connectivity index (χ1v) is 11.3. The van der Waals surface area contributed by atoms with Crippen LogP contribution in [-0.2, 0) is 13.6 Å². The first kappa shape index (κ1) is 21.3. The average molecular weight is 382 g/mol. The molecule has 0 saturated heterocycles. The number of nitrogens with one attached hydrogen (secondary N) is 2. The molecule has 0 saturated carbocycles. The monoisotopic (exact) mass is 382 g/mol. The highest BCUT2D eigenvalue weighted by Crippen LogP contribution is 2.63. The molecule has 2 N–H and O–H groups in total. The molecule has 1 aliphatic heterocycles. The number of rotatable bonds is 9. The number of hydrogen-bond acceptors (Lipinski definition) is 5. The van der Waals surface area contributed by atoms with Gasteiger partial charge in [-0.05, 0) is 45.7 Å². The Hall–Kier alpha value is -1.03. The Morgan fingerprint density at radius 3 is 1.96 bits per heavy atom. The van der Waals surface area contributed by atoms with E-state index in [2.05, 4.69) is 38.3 Å². The molecule has 1 atom stereocenters. The van der Waals surface area contributed by atoms with Crippen molar-refractivity contribution in [2.24, 2.45) is 0 Å². The number of hydrogen-bond donors (Lipinski definition) is 2. The maximum atomic E-state index is 14.0. The summed E-state index contributed by atoms with van der Waals surface area (Å²) < 4.78 is 25.9. The largest absolute Gasteiger partial charge is 0.378 e. The van der Waals surface area contributed by atoms with Crippen LogP contribution in [0.1, 0.15) is 66.7 Å². The molecule has 1 aromatic rings. The molecule has 0 radical (unpaired) electrons. The van der Waals surface area contributed by atoms with Crippen molar-refractivity contribution in [1.82, 2.24) is 0 Å². The van der Waals surface area contributed by atoms with Crippen LogP contribution in [0.4, 0.5) is 11.4 Å². The minimum Gasteiger partial charge on any atom is -0.378 e. The predicted molar refractivity (Wildman–Crippen MR) is 110 cm³/mol. The van der Waals surface area contributed by atoms with Crippen molar-refractivity contribution in [3.8, 4) is 0 Å². The van der Waals surface area contributed by atoms with Crippen molar-refractivity contribution in [3.05, 3.63) is 24.3 Å². The Bertz CT molecular complexity index is 621. The van der Waals surface area contributed by atoms with Gasteiger partial charge in [-0.2, -0.15) is 0 Å². The summed E-state index contributed by atoms with van der Waals surface area (Å²) in [5.41, 5.74) is 1.68. The van der Waals surface area contributed by atoms with Crippen LogP contribution >= 0.6 is 7.60 Å². The van der Waals surface area contributed by atoms with Crippen LogP contribution in [0, 0.1) is 0 Å². The lowest BCUT2D eigenvalue weighted by molar-refractivity contribution is 0.179. The molecule has 1 aromatic carbocycles. The van der Waals surface area contributed by atoms with Gasteiger partial charge in [0.15, 0.2) is 0 Å². The molecule has 0 aliphatic carbocycles. The predicted octanol–water partition coefficient (Wildman–Crippen LogP) is 6.24. The first-order chi connectivity index (χ1) is 12.3. The molecule has 0 bridgehead atoms. The highest BCUT2D eigenvalue weighted by atomic mass is 31.2. The molecule has 0 spiro atoms. The van der Waals surface area contributed by atoms with Crippen LogP contribution in [0.5, 0.6) is 0 Å². The van der Waals surface area contributed by atoms with E-state index in [1.165, 1.54) is 0 Å². The SMILES string of the molecule is CCCCOP(=O)(OCCCC)C1(C)CC(C)(C)Nc2ccccc2N1. The molecular weight excluding hydrogens is 347 g/mol. The van der Waals surface area contributed by atoms with Gasteiger partial charge in [-0.15, -0.1) is 0 Å². The second-order valence-electron chi connectivity index (χ2n) is 8.00. The molecule has 6 heteroatoms. The van der Waals surface area contributed by atoms with E-state index in [-0.39, 0.29) is 5.54 Å². The van der Waals surface area contributed by atoms with E-state index in [1.807, 2.05) is 31.2 Å². The van der Waals surface area contributed by atoms with E-state index in [4.69, 9.17) is 9.05 Å². The summed E-state index contributed by atoms with van der Waals surface area (Å²) in [5.74, 6) is 0. The molecule has 0 fully saturated rings. The third-order valence-electron chi connectivity index (χ3n) is 4.71. The summed E-state index contributed by atoms with van der Waals surface area (Å²) in [6, 6.07) is 8.02. The minimum absolute atomic E-state index is 0.258. The zero-order chi connectivity index (χ0) is 19.3. The van der Waals surface area contributed by atoms with Crippen LogP contribution in [-0.4, -0.2) is 24.0 Å². The van der Waals surface area contributed by atoms with Gasteiger partial charge in [0.1, 0.15) is 5.28 Å². The van der Waals surface area contributed by atoms with Crippen LogP contribution < -0.4 is 10.6 Å². The summed E-state index contributed by atoms with van der Waals surface area (Å²) >= 11 is 0. The lowest BCUT2D eigenvalue weighted by Crippen LogP contribution is -2.43. The summed E-state index contributed by atoms with van der Waals surface area (Å²) in [6.07, 6.45) is 4.35. The summed E-state index contributed by atoms with van der Waals surface area (Å²) in [4.78, 5) is 0. The van der Waals surface area contributed by atoms with E-state index in [1.54, 1.807) is 0 Å². The van der Waals surface area contributed by atoms with Crippen LogP contribution in [0.15, 0.2) is 24.3 Å². The van der Waals surface area contributed by atoms with Crippen LogP contribution in [0.25, 0.3) is 0 Å². The van der Waals surface area contributed by atoms with Gasteiger partial charge in [-0.3, -0.25) is 4.57 Å². The van der Waals surface area contributed by atoms with E-state index in [9.17, 15) is 4.57 Å². The van der Waals surface area contributed by atoms with Crippen molar-refractivity contribution in [2.45, 2.75) is 77.5 Å². The van der Waals surface area contributed by atoms with Gasteiger partial charge in [0.25, 0.3) is 0 Å². The van der Waals surface area contributed by atoms with Crippen molar-refractivity contribution in [1.29, 1.82) is 0 Å². The summed E-state index contributed by atoms with van der Waals surface area (Å²) in [5, 5.41) is 6.27. The van der Waals surface area contributed by atoms with E-state index < -0.39 is 12.9 Å². The third-order valence-corrected chi connectivity index (χ3v) is 7.24. The minimum atomic E-state index is -3.38. The molecule has 0 amide bonds. The molecular formula is C20H35N2O3P. The van der Waals surface area contributed by atoms with E-state index >= 15 is 0 Å². The Morgan fingerprint density at radius 2 is 1.46 bits per heavy atom. The molecule has 26 heavy (non-hydrogen) atoms. The Labute approximate surface area is 158 Å². The molecule has 1 heterocycles. The maximum absolute atomic E-state index is 14.0. The zero-order valence-electron chi connectivity index (χ0n) is 16.9. The van der Waals surface area contributed by atoms with E-state index in [0.29, 0.717) is 19.6 Å². The first-order valence-electron chi connectivity index (χ1n) is 9.80. The smallest absolute Gasteiger partial charge is 0.355 e. The lowest BCUT2D eigenvalue weighted by atomic mass is 9.96. The quantitative estimate of drug-likeness (QED) is 0.391. The zero-order valence-corrected chi connectivity index (χ0v) is 17.8. The average Bonchev–Trinajstić information content (AvgIpc) is 2.67. The van der Waals surface area contributed by atoms with Gasteiger partial charge in [0.2, 0.25) is 0 Å². The summed E-state index contributed by atoms with van der Waals surface area (Å²) in [6.45, 7) is 11.3. The molecule has 1 unspecified atom stereocenters. The summed E-state index contributed by atoms with van der Waals surface area (Å²) in [7, 11) is -3.38. The number of fused-ring (bicyclic) bond motifs is 1. The second kappa shape index (κ2) is 8.77. The third kappa shape index (κ3) is 5.03. The molecule has 1 aliphatic rings. The van der Waals surface area contributed by atoms with Crippen LogP contribution in [0.3, 0.4) is 0 Å². The van der Waals surface area contributed by atoms with Crippen LogP contribution in [0.2, 0.25) is 0 Å². The molecule has 148 valence electrons. The van der Waals surface area contributed by atoms with Crippen molar-refractivity contribution < 1.29 is 13.6 Å². The van der Waals surface area contributed by atoms with Gasteiger partial charge in [-0.1, -0.05) is 38.8 Å². The number of para-hydroxylation sites is 2. The Kier molecular flexibility index (Phi) is 7.18. The highest BCUT2D eigenvalue weighted by Gasteiger charge is 2.51. The Morgan fingerprint density at radius 1 is 0.962 bits per heavy atom. The lowest BCUT2D eigenvalue weighted by Gasteiger charge is -2.40. The van der Waals surface area contributed by atoms with Gasteiger partial charge in [-0.25, -0.2) is 0 Å². The fourth-order valence-electron chi connectivity index (χ4n) is 3.45. The topological polar surface area (TPSA) is 59.6 Å². The van der Waals surface area contributed by atoms with Crippen molar-refractivity contribution in [2.75, 3.05) is 23.8 Å². The highest BCUT2D eigenvalue weighted by molar-refractivity contribution is 7.55. The number of anilines is 2. The van der Waals surface area contributed by atoms with Crippen molar-refractivity contribution in [3.63, 3.8) is 0 Å². The molecule has 2 rings (SSSR count). The Balaban J connectivity index is 2.37. The number of unbranched alkanes of at least 4 members (excludes halogenated alkanes) is 2. The fourth-order valence-corrected chi connectivity index (χ4v) is 5.68. The van der Waals surface area contributed by atoms with Gasteiger partial charge >= 0.3 is 7.60 Å². The fraction of sp³-hybridized carbons (Fsp3) is 0.700. The standard InChI is InChI=1S/C20H35N2O3P/c1-6-8-14-24-26(23,25-15-9-7-2)20(5)16-19(3,4)21-17-12-10-11-13-18(17)22-20/h10-13,21-22H,6-9,14-16H2,1-5H3. The number of benzene rings is 1. The van der Waals surface area contributed by atoms with Gasteiger partial charge in [0.05, 0.1) is 24.6 Å². The van der Waals surface area contributed by atoms with Crippen molar-refractivity contribution >= 4 is 19.0 Å². The van der Waals surface area contributed by atoms with E-state index in [0.717, 1.165) is 37.1 Å². The molecule has 5 nitrogen and oxygen atoms in total. The van der Waals surface area contributed by atoms with Gasteiger partial charge < -0.3 is 19.7 Å². The normalized spacial score (nSPS) is 22.0. The second-order valence-corrected chi connectivity index (χ2v) is 10.5. The molecule has 0 aromatic heterocycles. The van der Waals surface area contributed by atoms with Gasteiger partial charge in [0, 0.05) is 12.0 Å². The maximum Gasteiger partial charge on any atom is 0.355 e.